The van der Waals surface area contributed by atoms with Crippen LogP contribution in [0.1, 0.15) is 32.3 Å². The molecule has 0 saturated heterocycles. The van der Waals surface area contributed by atoms with E-state index < -0.39 is 0 Å². The van der Waals surface area contributed by atoms with Crippen molar-refractivity contribution in [2.24, 2.45) is 5.73 Å². The molecule has 0 atom stereocenters. The number of halogens is 1. The lowest BCUT2D eigenvalue weighted by Gasteiger charge is -2.20. The van der Waals surface area contributed by atoms with Gasteiger partial charge in [0.2, 0.25) is 0 Å². The molecule has 1 saturated carbocycles. The fourth-order valence-electron chi connectivity index (χ4n) is 1.96. The van der Waals surface area contributed by atoms with Crippen LogP contribution >= 0.6 is 11.6 Å². The van der Waals surface area contributed by atoms with Gasteiger partial charge in [-0.3, -0.25) is 0 Å². The Balaban J connectivity index is 2.39. The molecule has 3 nitrogen and oxygen atoms in total. The quantitative estimate of drug-likeness (QED) is 0.893. The molecular weight excluding hydrogens is 250 g/mol. The average molecular weight is 270 g/mol. The molecule has 0 amide bonds. The van der Waals surface area contributed by atoms with E-state index in [4.69, 9.17) is 26.8 Å². The summed E-state index contributed by atoms with van der Waals surface area (Å²) in [5.41, 5.74) is 7.04. The number of methoxy groups -OCH3 is 1. The lowest BCUT2D eigenvalue weighted by molar-refractivity contribution is 0.227. The molecule has 0 spiro atoms. The highest BCUT2D eigenvalue weighted by Crippen LogP contribution is 2.43. The first kappa shape index (κ1) is 13.5. The summed E-state index contributed by atoms with van der Waals surface area (Å²) in [5.74, 6) is 1.45. The van der Waals surface area contributed by atoms with Gasteiger partial charge in [-0.15, -0.1) is 0 Å². The van der Waals surface area contributed by atoms with Crippen molar-refractivity contribution >= 4 is 11.6 Å². The van der Waals surface area contributed by atoms with Crippen LogP contribution in [0.5, 0.6) is 11.5 Å². The predicted octanol–water partition coefficient (Wildman–Crippen LogP) is 3.17. The second-order valence-electron chi connectivity index (χ2n) is 5.26. The zero-order valence-corrected chi connectivity index (χ0v) is 11.9. The molecule has 0 heterocycles. The van der Waals surface area contributed by atoms with Gasteiger partial charge in [0.25, 0.3) is 0 Å². The summed E-state index contributed by atoms with van der Waals surface area (Å²) < 4.78 is 11.2. The van der Waals surface area contributed by atoms with E-state index in [0.717, 1.165) is 30.6 Å². The number of nitrogens with two attached hydrogens (primary N) is 1. The number of benzene rings is 1. The Bertz CT molecular complexity index is 442. The number of rotatable bonds is 5. The Morgan fingerprint density at radius 1 is 1.39 bits per heavy atom. The van der Waals surface area contributed by atoms with Crippen LogP contribution in [0.3, 0.4) is 0 Å². The van der Waals surface area contributed by atoms with Gasteiger partial charge in [-0.05, 0) is 45.2 Å². The molecule has 0 bridgehead atoms. The maximum absolute atomic E-state index is 6.28. The van der Waals surface area contributed by atoms with E-state index in [0.29, 0.717) is 10.8 Å². The first-order chi connectivity index (χ1) is 8.45. The van der Waals surface area contributed by atoms with Crippen molar-refractivity contribution in [3.05, 3.63) is 22.7 Å². The van der Waals surface area contributed by atoms with E-state index in [-0.39, 0.29) is 11.6 Å². The van der Waals surface area contributed by atoms with Gasteiger partial charge in [0.1, 0.15) is 0 Å². The summed E-state index contributed by atoms with van der Waals surface area (Å²) in [6, 6.07) is 3.67. The Morgan fingerprint density at radius 3 is 2.56 bits per heavy atom. The fourth-order valence-corrected chi connectivity index (χ4v) is 2.18. The third kappa shape index (κ3) is 2.90. The van der Waals surface area contributed by atoms with Crippen molar-refractivity contribution < 1.29 is 9.47 Å². The van der Waals surface area contributed by atoms with Crippen molar-refractivity contribution in [1.82, 2.24) is 0 Å². The van der Waals surface area contributed by atoms with Gasteiger partial charge in [0.15, 0.2) is 11.5 Å². The van der Waals surface area contributed by atoms with Crippen molar-refractivity contribution in [3.63, 3.8) is 0 Å². The van der Waals surface area contributed by atoms with Crippen LogP contribution < -0.4 is 15.2 Å². The Morgan fingerprint density at radius 2 is 2.06 bits per heavy atom. The Labute approximate surface area is 113 Å². The SMILES string of the molecule is COc1ccc(Cl)c(CC2(N)CC2)c1OC(C)C. The molecule has 0 aromatic heterocycles. The van der Waals surface area contributed by atoms with Crippen molar-refractivity contribution in [3.8, 4) is 11.5 Å². The second kappa shape index (κ2) is 4.98. The number of hydrogen-bond donors (Lipinski definition) is 1. The third-order valence-corrected chi connectivity index (χ3v) is 3.52. The summed E-state index contributed by atoms with van der Waals surface area (Å²) in [4.78, 5) is 0. The van der Waals surface area contributed by atoms with E-state index in [1.54, 1.807) is 7.11 Å². The molecule has 2 rings (SSSR count). The van der Waals surface area contributed by atoms with E-state index in [9.17, 15) is 0 Å². The van der Waals surface area contributed by atoms with Gasteiger partial charge in [0.05, 0.1) is 13.2 Å². The zero-order chi connectivity index (χ0) is 13.3. The smallest absolute Gasteiger partial charge is 0.166 e. The standard InChI is InChI=1S/C14H20ClNO2/c1-9(2)18-13-10(8-14(16)6-7-14)11(15)4-5-12(13)17-3/h4-5,9H,6-8,16H2,1-3H3. The van der Waals surface area contributed by atoms with Gasteiger partial charge in [0, 0.05) is 16.1 Å². The lowest BCUT2D eigenvalue weighted by Crippen LogP contribution is -2.25. The highest BCUT2D eigenvalue weighted by molar-refractivity contribution is 6.31. The molecule has 100 valence electrons. The van der Waals surface area contributed by atoms with Crippen molar-refractivity contribution in [1.29, 1.82) is 0 Å². The molecule has 18 heavy (non-hydrogen) atoms. The summed E-state index contributed by atoms with van der Waals surface area (Å²) in [7, 11) is 1.63. The van der Waals surface area contributed by atoms with Crippen LogP contribution in [0.15, 0.2) is 12.1 Å². The monoisotopic (exact) mass is 269 g/mol. The van der Waals surface area contributed by atoms with Gasteiger partial charge < -0.3 is 15.2 Å². The normalized spacial score (nSPS) is 16.8. The van der Waals surface area contributed by atoms with Crippen molar-refractivity contribution in [2.45, 2.75) is 44.8 Å². The van der Waals surface area contributed by atoms with Gasteiger partial charge in [-0.2, -0.15) is 0 Å². The van der Waals surface area contributed by atoms with Crippen LogP contribution in [-0.4, -0.2) is 18.8 Å². The second-order valence-corrected chi connectivity index (χ2v) is 5.67. The largest absolute Gasteiger partial charge is 0.493 e. The minimum atomic E-state index is -0.106. The Kier molecular flexibility index (Phi) is 3.74. The van der Waals surface area contributed by atoms with E-state index >= 15 is 0 Å². The molecule has 1 aromatic carbocycles. The topological polar surface area (TPSA) is 44.5 Å². The predicted molar refractivity (Wildman–Crippen MR) is 73.6 cm³/mol. The molecule has 1 fully saturated rings. The molecular formula is C14H20ClNO2. The first-order valence-corrected chi connectivity index (χ1v) is 6.64. The molecule has 1 aromatic rings. The summed E-state index contributed by atoms with van der Waals surface area (Å²) in [6.45, 7) is 3.97. The molecule has 2 N–H and O–H groups in total. The minimum absolute atomic E-state index is 0.0732. The molecule has 0 radical (unpaired) electrons. The van der Waals surface area contributed by atoms with Crippen LogP contribution in [-0.2, 0) is 6.42 Å². The first-order valence-electron chi connectivity index (χ1n) is 6.26. The van der Waals surface area contributed by atoms with Gasteiger partial charge in [-0.1, -0.05) is 11.6 Å². The summed E-state index contributed by atoms with van der Waals surface area (Å²) >= 11 is 6.28. The van der Waals surface area contributed by atoms with Gasteiger partial charge >= 0.3 is 0 Å². The third-order valence-electron chi connectivity index (χ3n) is 3.16. The van der Waals surface area contributed by atoms with E-state index in [1.807, 2.05) is 26.0 Å². The molecule has 1 aliphatic carbocycles. The van der Waals surface area contributed by atoms with E-state index in [2.05, 4.69) is 0 Å². The maximum Gasteiger partial charge on any atom is 0.166 e. The zero-order valence-electron chi connectivity index (χ0n) is 11.1. The van der Waals surface area contributed by atoms with Crippen LogP contribution in [0, 0.1) is 0 Å². The summed E-state index contributed by atoms with van der Waals surface area (Å²) in [5, 5.41) is 0.697. The number of hydrogen-bond acceptors (Lipinski definition) is 3. The Hall–Kier alpha value is -0.930. The molecule has 0 unspecified atom stereocenters. The highest BCUT2D eigenvalue weighted by Gasteiger charge is 2.39. The molecule has 1 aliphatic rings. The minimum Gasteiger partial charge on any atom is -0.493 e. The fraction of sp³-hybridized carbons (Fsp3) is 0.571. The maximum atomic E-state index is 6.28. The van der Waals surface area contributed by atoms with E-state index in [1.165, 1.54) is 0 Å². The average Bonchev–Trinajstić information content (AvgIpc) is 3.02. The highest BCUT2D eigenvalue weighted by atomic mass is 35.5. The number of ether oxygens (including phenoxy) is 2. The molecule has 4 heteroatoms. The van der Waals surface area contributed by atoms with Crippen LogP contribution in [0.4, 0.5) is 0 Å². The van der Waals surface area contributed by atoms with Gasteiger partial charge in [-0.25, -0.2) is 0 Å². The summed E-state index contributed by atoms with van der Waals surface area (Å²) in [6.07, 6.45) is 2.90. The molecule has 0 aliphatic heterocycles. The lowest BCUT2D eigenvalue weighted by atomic mass is 10.0. The van der Waals surface area contributed by atoms with Crippen LogP contribution in [0.25, 0.3) is 0 Å². The van der Waals surface area contributed by atoms with Crippen LogP contribution in [0.2, 0.25) is 5.02 Å². The van der Waals surface area contributed by atoms with Crippen molar-refractivity contribution in [2.75, 3.05) is 7.11 Å².